The molecule has 0 heterocycles. The molecule has 1 nitrogen and oxygen atoms in total. The van der Waals surface area contributed by atoms with E-state index in [2.05, 4.69) is 52.0 Å². The maximum Gasteiger partial charge on any atom is 0.0842 e. The van der Waals surface area contributed by atoms with Gasteiger partial charge in [-0.1, -0.05) is 52.0 Å². The molecule has 98 valence electrons. The summed E-state index contributed by atoms with van der Waals surface area (Å²) in [6.45, 7) is 8.79. The van der Waals surface area contributed by atoms with Crippen molar-refractivity contribution in [2.45, 2.75) is 40.5 Å². The average molecular weight is 262 g/mol. The summed E-state index contributed by atoms with van der Waals surface area (Å²) in [7, 11) is -1.01. The van der Waals surface area contributed by atoms with Crippen LogP contribution in [0.5, 0.6) is 0 Å². The van der Waals surface area contributed by atoms with Crippen LogP contribution in [0, 0.1) is 10.8 Å². The van der Waals surface area contributed by atoms with Crippen molar-refractivity contribution in [2.24, 2.45) is 10.8 Å². The number of allylic oxidation sites excluding steroid dienone is 6. The van der Waals surface area contributed by atoms with E-state index in [-0.39, 0.29) is 10.8 Å². The van der Waals surface area contributed by atoms with Crippen molar-refractivity contribution in [3.8, 4) is 0 Å². The van der Waals surface area contributed by atoms with Crippen molar-refractivity contribution in [3.05, 3.63) is 46.3 Å². The summed E-state index contributed by atoms with van der Waals surface area (Å²) in [4.78, 5) is 1.90. The van der Waals surface area contributed by atoms with Crippen molar-refractivity contribution in [1.82, 2.24) is 0 Å². The molecule has 0 amide bonds. The molecule has 0 aromatic carbocycles. The summed E-state index contributed by atoms with van der Waals surface area (Å²) in [6, 6.07) is 0. The number of hydrogen-bond donors (Lipinski definition) is 0. The lowest BCUT2D eigenvalue weighted by Crippen LogP contribution is -2.13. The van der Waals surface area contributed by atoms with Gasteiger partial charge < -0.3 is 0 Å². The average Bonchev–Trinajstić information content (AvgIpc) is 2.28. The van der Waals surface area contributed by atoms with E-state index < -0.39 is 10.8 Å². The van der Waals surface area contributed by atoms with Gasteiger partial charge in [0.1, 0.15) is 0 Å². The van der Waals surface area contributed by atoms with Crippen LogP contribution in [0.3, 0.4) is 0 Å². The molecule has 0 aliphatic heterocycles. The summed E-state index contributed by atoms with van der Waals surface area (Å²) in [5.41, 5.74) is 0.402. The van der Waals surface area contributed by atoms with Crippen molar-refractivity contribution in [1.29, 1.82) is 0 Å². The molecule has 2 aliphatic carbocycles. The third kappa shape index (κ3) is 3.11. The highest BCUT2D eigenvalue weighted by atomic mass is 32.2. The SMILES string of the molecule is CC1(C)C=CC(S(=O)C2=CCC(C)(C)C=C2)=CC1. The molecule has 2 rings (SSSR count). The Kier molecular flexibility index (Phi) is 3.50. The van der Waals surface area contributed by atoms with Gasteiger partial charge in [0.25, 0.3) is 0 Å². The Morgan fingerprint density at radius 1 is 0.889 bits per heavy atom. The minimum atomic E-state index is -1.01. The van der Waals surface area contributed by atoms with Crippen molar-refractivity contribution < 1.29 is 4.21 Å². The van der Waals surface area contributed by atoms with Crippen LogP contribution in [0.25, 0.3) is 0 Å². The largest absolute Gasteiger partial charge is 0.249 e. The van der Waals surface area contributed by atoms with Gasteiger partial charge in [0, 0.05) is 9.81 Å². The normalized spacial score (nSPS) is 24.9. The van der Waals surface area contributed by atoms with E-state index in [1.165, 1.54) is 0 Å². The fraction of sp³-hybridized carbons (Fsp3) is 0.500. The molecular weight excluding hydrogens is 240 g/mol. The van der Waals surface area contributed by atoms with Gasteiger partial charge in [0.2, 0.25) is 0 Å². The van der Waals surface area contributed by atoms with E-state index in [0.29, 0.717) is 0 Å². The van der Waals surface area contributed by atoms with Gasteiger partial charge in [0.15, 0.2) is 0 Å². The minimum Gasteiger partial charge on any atom is -0.249 e. The molecule has 0 aromatic rings. The summed E-state index contributed by atoms with van der Waals surface area (Å²) in [5, 5.41) is 0. The lowest BCUT2D eigenvalue weighted by atomic mass is 9.86. The van der Waals surface area contributed by atoms with E-state index in [1.54, 1.807) is 0 Å². The molecule has 0 unspecified atom stereocenters. The minimum absolute atomic E-state index is 0.201. The van der Waals surface area contributed by atoms with Gasteiger partial charge >= 0.3 is 0 Å². The van der Waals surface area contributed by atoms with Crippen LogP contribution in [-0.2, 0) is 10.8 Å². The van der Waals surface area contributed by atoms with E-state index in [0.717, 1.165) is 22.7 Å². The molecule has 0 bridgehead atoms. The summed E-state index contributed by atoms with van der Waals surface area (Å²) in [6.07, 6.45) is 14.5. The highest BCUT2D eigenvalue weighted by molar-refractivity contribution is 7.93. The van der Waals surface area contributed by atoms with E-state index in [1.807, 2.05) is 12.2 Å². The van der Waals surface area contributed by atoms with Crippen LogP contribution < -0.4 is 0 Å². The molecule has 0 aromatic heterocycles. The van der Waals surface area contributed by atoms with Gasteiger partial charge in [-0.15, -0.1) is 0 Å². The molecule has 0 fully saturated rings. The summed E-state index contributed by atoms with van der Waals surface area (Å²) in [5.74, 6) is 0. The van der Waals surface area contributed by atoms with Crippen molar-refractivity contribution >= 4 is 10.8 Å². The Balaban J connectivity index is 2.12. The van der Waals surface area contributed by atoms with Crippen molar-refractivity contribution in [3.63, 3.8) is 0 Å². The lowest BCUT2D eigenvalue weighted by Gasteiger charge is -2.24. The predicted octanol–water partition coefficient (Wildman–Crippen LogP) is 4.48. The summed E-state index contributed by atoms with van der Waals surface area (Å²) < 4.78 is 12.4. The second-order valence-electron chi connectivity index (χ2n) is 6.53. The summed E-state index contributed by atoms with van der Waals surface area (Å²) >= 11 is 0. The Labute approximate surface area is 113 Å². The third-order valence-electron chi connectivity index (χ3n) is 3.48. The fourth-order valence-electron chi connectivity index (χ4n) is 2.03. The van der Waals surface area contributed by atoms with Crippen LogP contribution in [0.2, 0.25) is 0 Å². The first-order chi connectivity index (χ1) is 8.29. The molecule has 0 saturated carbocycles. The number of rotatable bonds is 2. The molecule has 0 radical (unpaired) electrons. The molecule has 0 saturated heterocycles. The second-order valence-corrected chi connectivity index (χ2v) is 8.01. The van der Waals surface area contributed by atoms with E-state index in [9.17, 15) is 4.21 Å². The zero-order chi connectivity index (χ0) is 13.4. The van der Waals surface area contributed by atoms with E-state index >= 15 is 0 Å². The highest BCUT2D eigenvalue weighted by Crippen LogP contribution is 2.34. The first kappa shape index (κ1) is 13.5. The smallest absolute Gasteiger partial charge is 0.0842 e. The van der Waals surface area contributed by atoms with Gasteiger partial charge in [-0.3, -0.25) is 0 Å². The first-order valence-electron chi connectivity index (χ1n) is 6.50. The quantitative estimate of drug-likeness (QED) is 0.717. The van der Waals surface area contributed by atoms with Gasteiger partial charge in [-0.05, 0) is 35.8 Å². The van der Waals surface area contributed by atoms with Crippen LogP contribution in [0.15, 0.2) is 46.3 Å². The standard InChI is InChI=1S/C16H22OS/c1-15(2)9-5-13(6-10-15)18(17)14-7-11-16(3,4)12-8-14/h5-9,11H,10,12H2,1-4H3. The topological polar surface area (TPSA) is 17.1 Å². The zero-order valence-electron chi connectivity index (χ0n) is 11.7. The molecule has 18 heavy (non-hydrogen) atoms. The Morgan fingerprint density at radius 3 is 1.56 bits per heavy atom. The lowest BCUT2D eigenvalue weighted by molar-refractivity contribution is 0.483. The molecule has 0 atom stereocenters. The molecule has 0 spiro atoms. The highest BCUT2D eigenvalue weighted by Gasteiger charge is 2.22. The molecule has 2 aliphatic rings. The van der Waals surface area contributed by atoms with Crippen LogP contribution >= 0.6 is 0 Å². The van der Waals surface area contributed by atoms with Gasteiger partial charge in [-0.2, -0.15) is 0 Å². The van der Waals surface area contributed by atoms with Crippen LogP contribution in [0.4, 0.5) is 0 Å². The molecule has 0 N–H and O–H groups in total. The molecule has 2 heteroatoms. The Morgan fingerprint density at radius 2 is 1.28 bits per heavy atom. The van der Waals surface area contributed by atoms with E-state index in [4.69, 9.17) is 0 Å². The maximum atomic E-state index is 12.4. The first-order valence-corrected chi connectivity index (χ1v) is 7.65. The third-order valence-corrected chi connectivity index (χ3v) is 4.95. The Bertz CT molecular complexity index is 443. The number of hydrogen-bond acceptors (Lipinski definition) is 1. The monoisotopic (exact) mass is 262 g/mol. The van der Waals surface area contributed by atoms with Crippen molar-refractivity contribution in [2.75, 3.05) is 0 Å². The predicted molar refractivity (Wildman–Crippen MR) is 79.4 cm³/mol. The van der Waals surface area contributed by atoms with Crippen LogP contribution in [0.1, 0.15) is 40.5 Å². The van der Waals surface area contributed by atoms with Gasteiger partial charge in [0.05, 0.1) is 10.8 Å². The second kappa shape index (κ2) is 4.65. The molecular formula is C16H22OS. The Hall–Kier alpha value is -0.890. The zero-order valence-corrected chi connectivity index (χ0v) is 12.5. The fourth-order valence-corrected chi connectivity index (χ4v) is 3.15. The van der Waals surface area contributed by atoms with Crippen LogP contribution in [-0.4, -0.2) is 4.21 Å². The van der Waals surface area contributed by atoms with Gasteiger partial charge in [-0.25, -0.2) is 4.21 Å². The maximum absolute atomic E-state index is 12.4.